The van der Waals surface area contributed by atoms with Gasteiger partial charge in [-0.1, -0.05) is 23.7 Å². The van der Waals surface area contributed by atoms with Gasteiger partial charge in [-0.2, -0.15) is 5.10 Å². The number of para-hydroxylation sites is 1. The minimum Gasteiger partial charge on any atom is -0.466 e. The molecule has 0 radical (unpaired) electrons. The van der Waals surface area contributed by atoms with E-state index in [2.05, 4.69) is 15.3 Å². The quantitative estimate of drug-likeness (QED) is 0.495. The smallest absolute Gasteiger partial charge is 0.370 e. The summed E-state index contributed by atoms with van der Waals surface area (Å²) in [6, 6.07) is 9.89. The van der Waals surface area contributed by atoms with Gasteiger partial charge in [-0.05, 0) is 24.3 Å². The third-order valence-corrected chi connectivity index (χ3v) is 2.94. The molecule has 0 amide bonds. The van der Waals surface area contributed by atoms with Gasteiger partial charge in [-0.3, -0.25) is 5.43 Å². The van der Waals surface area contributed by atoms with Crippen molar-refractivity contribution in [3.8, 4) is 0 Å². The molecule has 1 heterocycles. The van der Waals surface area contributed by atoms with Gasteiger partial charge in [0.1, 0.15) is 12.4 Å². The Hall–Kier alpha value is -2.80. The molecule has 0 saturated heterocycles. The van der Waals surface area contributed by atoms with Crippen LogP contribution in [0.5, 0.6) is 0 Å². The Morgan fingerprint density at radius 1 is 1.26 bits per heavy atom. The maximum Gasteiger partial charge on any atom is 0.370 e. The minimum absolute atomic E-state index is 0.00630. The Morgan fingerprint density at radius 2 is 2.04 bits per heavy atom. The molecule has 2 aromatic rings. The number of ether oxygens (including phenoxy) is 2. The van der Waals surface area contributed by atoms with Crippen molar-refractivity contribution in [1.29, 1.82) is 0 Å². The van der Waals surface area contributed by atoms with E-state index in [1.54, 1.807) is 36.4 Å². The summed E-state index contributed by atoms with van der Waals surface area (Å²) >= 11 is 5.63. The molecule has 120 valence electrons. The van der Waals surface area contributed by atoms with Gasteiger partial charge in [-0.25, -0.2) is 9.59 Å². The van der Waals surface area contributed by atoms with Gasteiger partial charge < -0.3 is 13.9 Å². The van der Waals surface area contributed by atoms with Gasteiger partial charge in [0.15, 0.2) is 0 Å². The second kappa shape index (κ2) is 8.00. The number of furan rings is 1. The number of anilines is 1. The molecule has 0 saturated carbocycles. The lowest BCUT2D eigenvalue weighted by atomic mass is 10.2. The minimum atomic E-state index is -0.794. The highest BCUT2D eigenvalue weighted by Gasteiger charge is 2.14. The van der Waals surface area contributed by atoms with Gasteiger partial charge in [0.25, 0.3) is 0 Å². The molecule has 0 aliphatic carbocycles. The lowest BCUT2D eigenvalue weighted by molar-refractivity contribution is -0.132. The van der Waals surface area contributed by atoms with Crippen LogP contribution in [0, 0.1) is 0 Å². The first-order valence-corrected chi connectivity index (χ1v) is 6.85. The van der Waals surface area contributed by atoms with Crippen molar-refractivity contribution >= 4 is 34.4 Å². The molecular weight excluding hydrogens is 324 g/mol. The van der Waals surface area contributed by atoms with Crippen LogP contribution in [0.4, 0.5) is 5.69 Å². The number of methoxy groups -OCH3 is 1. The van der Waals surface area contributed by atoms with Crippen LogP contribution in [0.1, 0.15) is 16.1 Å². The standard InChI is InChI=1S/C15H13ClN2O5/c1-21-15(20)13(16)18-17-12-7-3-2-6-11(12)14(19)23-9-10-5-4-8-22-10/h2-8,17H,9H2,1H3/b18-13-. The monoisotopic (exact) mass is 336 g/mol. The normalized spacial score (nSPS) is 11.0. The second-order valence-corrected chi connectivity index (χ2v) is 4.57. The van der Waals surface area contributed by atoms with Crippen molar-refractivity contribution in [2.75, 3.05) is 12.5 Å². The number of carbonyl (C=O) groups excluding carboxylic acids is 2. The van der Waals surface area contributed by atoms with E-state index in [4.69, 9.17) is 20.8 Å². The molecular formula is C15H13ClN2O5. The van der Waals surface area contributed by atoms with Crippen molar-refractivity contribution in [2.24, 2.45) is 5.10 Å². The van der Waals surface area contributed by atoms with Crippen molar-refractivity contribution < 1.29 is 23.5 Å². The van der Waals surface area contributed by atoms with Gasteiger partial charge in [0.05, 0.1) is 24.6 Å². The maximum absolute atomic E-state index is 12.1. The van der Waals surface area contributed by atoms with Crippen LogP contribution in [0.3, 0.4) is 0 Å². The molecule has 0 fully saturated rings. The number of hydrogen-bond acceptors (Lipinski definition) is 7. The molecule has 0 atom stereocenters. The SMILES string of the molecule is COC(=O)/C(Cl)=N/Nc1ccccc1C(=O)OCc1ccco1. The average molecular weight is 337 g/mol. The number of rotatable bonds is 6. The molecule has 0 spiro atoms. The fourth-order valence-electron chi connectivity index (χ4n) is 1.61. The molecule has 1 aromatic carbocycles. The summed E-state index contributed by atoms with van der Waals surface area (Å²) in [5.41, 5.74) is 3.10. The zero-order valence-electron chi connectivity index (χ0n) is 12.1. The third-order valence-electron chi connectivity index (χ3n) is 2.70. The van der Waals surface area contributed by atoms with Crippen molar-refractivity contribution in [3.05, 3.63) is 54.0 Å². The number of halogens is 1. The number of carbonyl (C=O) groups is 2. The van der Waals surface area contributed by atoms with Crippen molar-refractivity contribution in [1.82, 2.24) is 0 Å². The fourth-order valence-corrected chi connectivity index (χ4v) is 1.73. The Bertz CT molecular complexity index is 712. The number of nitrogens with zero attached hydrogens (tertiary/aromatic N) is 1. The second-order valence-electron chi connectivity index (χ2n) is 4.21. The predicted octanol–water partition coefficient (Wildman–Crippen LogP) is 2.77. The Balaban J connectivity index is 2.07. The highest BCUT2D eigenvalue weighted by Crippen LogP contribution is 2.17. The summed E-state index contributed by atoms with van der Waals surface area (Å²) in [6.45, 7) is 0.00630. The molecule has 0 aliphatic rings. The molecule has 7 nitrogen and oxygen atoms in total. The van der Waals surface area contributed by atoms with Gasteiger partial charge in [-0.15, -0.1) is 0 Å². The van der Waals surface area contributed by atoms with E-state index in [9.17, 15) is 9.59 Å². The largest absolute Gasteiger partial charge is 0.466 e. The Kier molecular flexibility index (Phi) is 5.76. The summed E-state index contributed by atoms with van der Waals surface area (Å²) in [4.78, 5) is 23.3. The summed E-state index contributed by atoms with van der Waals surface area (Å²) in [5.74, 6) is -0.846. The van der Waals surface area contributed by atoms with Crippen LogP contribution >= 0.6 is 11.6 Å². The molecule has 1 N–H and O–H groups in total. The van der Waals surface area contributed by atoms with Crippen LogP contribution in [-0.4, -0.2) is 24.2 Å². The first-order valence-electron chi connectivity index (χ1n) is 6.48. The van der Waals surface area contributed by atoms with Gasteiger partial charge in [0.2, 0.25) is 5.17 Å². The molecule has 0 unspecified atom stereocenters. The number of esters is 2. The van der Waals surface area contributed by atoms with Gasteiger partial charge in [0, 0.05) is 0 Å². The van der Waals surface area contributed by atoms with E-state index in [-0.39, 0.29) is 12.2 Å². The molecule has 1 aromatic heterocycles. The van der Waals surface area contributed by atoms with E-state index < -0.39 is 17.1 Å². The topological polar surface area (TPSA) is 90.1 Å². The van der Waals surface area contributed by atoms with Gasteiger partial charge >= 0.3 is 11.9 Å². The first kappa shape index (κ1) is 16.6. The predicted molar refractivity (Wildman–Crippen MR) is 83.2 cm³/mol. The summed E-state index contributed by atoms with van der Waals surface area (Å²) in [5, 5.41) is 3.25. The number of benzene rings is 1. The van der Waals surface area contributed by atoms with Crippen LogP contribution in [-0.2, 0) is 20.9 Å². The number of hydrogen-bond donors (Lipinski definition) is 1. The molecule has 0 bridgehead atoms. The zero-order chi connectivity index (χ0) is 16.7. The summed E-state index contributed by atoms with van der Waals surface area (Å²) in [6.07, 6.45) is 1.49. The highest BCUT2D eigenvalue weighted by molar-refractivity contribution is 6.82. The van der Waals surface area contributed by atoms with Crippen LogP contribution in [0.2, 0.25) is 0 Å². The molecule has 0 aliphatic heterocycles. The van der Waals surface area contributed by atoms with Crippen molar-refractivity contribution in [2.45, 2.75) is 6.61 Å². The summed E-state index contributed by atoms with van der Waals surface area (Å²) < 4.78 is 14.6. The first-order chi connectivity index (χ1) is 11.1. The zero-order valence-corrected chi connectivity index (χ0v) is 12.9. The van der Waals surface area contributed by atoms with E-state index in [1.165, 1.54) is 13.4 Å². The van der Waals surface area contributed by atoms with E-state index in [0.717, 1.165) is 0 Å². The number of hydrazone groups is 1. The van der Waals surface area contributed by atoms with E-state index in [0.29, 0.717) is 11.4 Å². The highest BCUT2D eigenvalue weighted by atomic mass is 35.5. The summed E-state index contributed by atoms with van der Waals surface area (Å²) in [7, 11) is 1.18. The molecule has 8 heteroatoms. The van der Waals surface area contributed by atoms with E-state index in [1.807, 2.05) is 0 Å². The van der Waals surface area contributed by atoms with E-state index >= 15 is 0 Å². The molecule has 23 heavy (non-hydrogen) atoms. The average Bonchev–Trinajstić information content (AvgIpc) is 3.10. The van der Waals surface area contributed by atoms with Crippen LogP contribution < -0.4 is 5.43 Å². The number of nitrogens with one attached hydrogen (secondary N) is 1. The Morgan fingerprint density at radius 3 is 2.74 bits per heavy atom. The molecule has 2 rings (SSSR count). The lowest BCUT2D eigenvalue weighted by Gasteiger charge is -2.08. The van der Waals surface area contributed by atoms with Crippen LogP contribution in [0.15, 0.2) is 52.2 Å². The third kappa shape index (κ3) is 4.58. The lowest BCUT2D eigenvalue weighted by Crippen LogP contribution is -2.12. The van der Waals surface area contributed by atoms with Crippen molar-refractivity contribution in [3.63, 3.8) is 0 Å². The Labute approximate surface area is 136 Å². The maximum atomic E-state index is 12.1. The fraction of sp³-hybridized carbons (Fsp3) is 0.133. The van der Waals surface area contributed by atoms with Crippen LogP contribution in [0.25, 0.3) is 0 Å².